The Kier molecular flexibility index (Phi) is 2.37. The quantitative estimate of drug-likeness (QED) is 0.786. The first-order valence-electron chi connectivity index (χ1n) is 3.50. The molecule has 0 saturated carbocycles. The van der Waals surface area contributed by atoms with E-state index >= 15 is 0 Å². The Morgan fingerprint density at radius 1 is 1.31 bits per heavy atom. The van der Waals surface area contributed by atoms with Gasteiger partial charge in [0.15, 0.2) is 3.92 Å². The van der Waals surface area contributed by atoms with Gasteiger partial charge < -0.3 is 0 Å². The van der Waals surface area contributed by atoms with Crippen molar-refractivity contribution in [2.45, 2.75) is 0 Å². The maximum atomic E-state index is 12.8. The van der Waals surface area contributed by atoms with Gasteiger partial charge in [-0.2, -0.15) is 0 Å². The lowest BCUT2D eigenvalue weighted by atomic mass is 10.2. The Balaban J connectivity index is 2.46. The average molecular weight is 259 g/mol. The van der Waals surface area contributed by atoms with Crippen molar-refractivity contribution in [1.82, 2.24) is 10.2 Å². The molecule has 1 heterocycles. The van der Waals surface area contributed by atoms with Gasteiger partial charge in [0.1, 0.15) is 10.8 Å². The molecule has 0 aliphatic heterocycles. The van der Waals surface area contributed by atoms with Gasteiger partial charge in [0.2, 0.25) is 0 Å². The highest BCUT2D eigenvalue weighted by Crippen LogP contribution is 2.26. The van der Waals surface area contributed by atoms with Crippen LogP contribution in [0.25, 0.3) is 10.6 Å². The zero-order chi connectivity index (χ0) is 9.26. The molecule has 1 aromatic carbocycles. The summed E-state index contributed by atoms with van der Waals surface area (Å²) in [5, 5.41) is 8.38. The fourth-order valence-corrected chi connectivity index (χ4v) is 2.05. The third-order valence-corrected chi connectivity index (χ3v) is 2.88. The van der Waals surface area contributed by atoms with Gasteiger partial charge in [0.05, 0.1) is 0 Å². The lowest BCUT2D eigenvalue weighted by Crippen LogP contribution is -1.78. The van der Waals surface area contributed by atoms with Crippen molar-refractivity contribution in [3.8, 4) is 10.6 Å². The first-order chi connectivity index (χ1) is 6.25. The molecule has 2 nitrogen and oxygen atoms in total. The number of rotatable bonds is 1. The summed E-state index contributed by atoms with van der Waals surface area (Å²) in [5.74, 6) is -0.260. The Bertz CT molecular complexity index is 430. The molecule has 0 saturated heterocycles. The topological polar surface area (TPSA) is 25.8 Å². The van der Waals surface area contributed by atoms with Crippen LogP contribution in [0.3, 0.4) is 0 Å². The van der Waals surface area contributed by atoms with Crippen LogP contribution in [0.2, 0.25) is 0 Å². The van der Waals surface area contributed by atoms with Gasteiger partial charge in [-0.05, 0) is 28.1 Å². The Morgan fingerprint density at radius 2 is 2.15 bits per heavy atom. The molecule has 1 aromatic heterocycles. The molecule has 66 valence electrons. The molecule has 0 amide bonds. The van der Waals surface area contributed by atoms with E-state index in [1.807, 2.05) is 0 Å². The van der Waals surface area contributed by atoms with E-state index in [1.165, 1.54) is 23.5 Å². The van der Waals surface area contributed by atoms with Gasteiger partial charge in [-0.3, -0.25) is 0 Å². The zero-order valence-electron chi connectivity index (χ0n) is 6.37. The predicted molar refractivity (Wildman–Crippen MR) is 53.0 cm³/mol. The minimum atomic E-state index is -0.260. The lowest BCUT2D eigenvalue weighted by Gasteiger charge is -1.93. The largest absolute Gasteiger partial charge is 0.207 e. The summed E-state index contributed by atoms with van der Waals surface area (Å²) in [7, 11) is 0. The first-order valence-corrected chi connectivity index (χ1v) is 5.11. The third kappa shape index (κ3) is 1.92. The summed E-state index contributed by atoms with van der Waals surface area (Å²) in [5.41, 5.74) is 0.753. The maximum Gasteiger partial charge on any atom is 0.183 e. The second-order valence-corrected chi connectivity index (χ2v) is 4.62. The van der Waals surface area contributed by atoms with E-state index in [-0.39, 0.29) is 5.82 Å². The van der Waals surface area contributed by atoms with Gasteiger partial charge in [0, 0.05) is 5.56 Å². The number of aromatic nitrogens is 2. The minimum Gasteiger partial charge on any atom is -0.207 e. The molecule has 2 aromatic rings. The van der Waals surface area contributed by atoms with Gasteiger partial charge in [0.25, 0.3) is 0 Å². The maximum absolute atomic E-state index is 12.8. The molecule has 13 heavy (non-hydrogen) atoms. The molecular weight excluding hydrogens is 255 g/mol. The molecule has 0 atom stereocenters. The second-order valence-electron chi connectivity index (χ2n) is 2.37. The molecule has 0 aliphatic rings. The summed E-state index contributed by atoms with van der Waals surface area (Å²) in [6, 6.07) is 6.29. The Hall–Kier alpha value is -0.810. The lowest BCUT2D eigenvalue weighted by molar-refractivity contribution is 0.628. The van der Waals surface area contributed by atoms with Crippen LogP contribution in [0, 0.1) is 5.82 Å². The van der Waals surface area contributed by atoms with Gasteiger partial charge in [-0.25, -0.2) is 4.39 Å². The van der Waals surface area contributed by atoms with E-state index in [0.717, 1.165) is 5.56 Å². The summed E-state index contributed by atoms with van der Waals surface area (Å²) in [6.07, 6.45) is 0. The molecule has 2 rings (SSSR count). The zero-order valence-corrected chi connectivity index (χ0v) is 8.77. The van der Waals surface area contributed by atoms with Crippen LogP contribution in [0.15, 0.2) is 28.2 Å². The highest BCUT2D eigenvalue weighted by Gasteiger charge is 2.04. The van der Waals surface area contributed by atoms with E-state index in [1.54, 1.807) is 12.1 Å². The van der Waals surface area contributed by atoms with Crippen molar-refractivity contribution in [3.63, 3.8) is 0 Å². The second kappa shape index (κ2) is 3.51. The molecule has 0 N–H and O–H groups in total. The normalized spacial score (nSPS) is 10.3. The van der Waals surface area contributed by atoms with Crippen LogP contribution in [0.5, 0.6) is 0 Å². The van der Waals surface area contributed by atoms with Crippen molar-refractivity contribution < 1.29 is 4.39 Å². The Morgan fingerprint density at radius 3 is 2.77 bits per heavy atom. The number of nitrogens with zero attached hydrogens (tertiary/aromatic N) is 2. The van der Waals surface area contributed by atoms with Crippen LogP contribution in [0.4, 0.5) is 4.39 Å². The first kappa shape index (κ1) is 8.77. The van der Waals surface area contributed by atoms with E-state index in [2.05, 4.69) is 26.1 Å². The SMILES string of the molecule is Fc1cccc(-c2nnc(Br)s2)c1. The highest BCUT2D eigenvalue weighted by atomic mass is 79.9. The van der Waals surface area contributed by atoms with Crippen molar-refractivity contribution in [1.29, 1.82) is 0 Å². The fourth-order valence-electron chi connectivity index (χ4n) is 0.943. The molecule has 0 bridgehead atoms. The molecule has 0 fully saturated rings. The van der Waals surface area contributed by atoms with E-state index in [0.29, 0.717) is 8.92 Å². The smallest absolute Gasteiger partial charge is 0.183 e. The molecular formula is C8H4BrFN2S. The standard InChI is InChI=1S/C8H4BrFN2S/c9-8-12-11-7(13-8)5-2-1-3-6(10)4-5/h1-4H. The van der Waals surface area contributed by atoms with Crippen LogP contribution in [-0.4, -0.2) is 10.2 Å². The molecule has 5 heteroatoms. The average Bonchev–Trinajstić information content (AvgIpc) is 2.52. The molecule has 0 spiro atoms. The summed E-state index contributed by atoms with van der Waals surface area (Å²) in [4.78, 5) is 0. The van der Waals surface area contributed by atoms with Crippen molar-refractivity contribution in [2.24, 2.45) is 0 Å². The fraction of sp³-hybridized carbons (Fsp3) is 0. The monoisotopic (exact) mass is 258 g/mol. The summed E-state index contributed by atoms with van der Waals surface area (Å²) >= 11 is 4.58. The van der Waals surface area contributed by atoms with Crippen LogP contribution in [0.1, 0.15) is 0 Å². The number of hydrogen-bond acceptors (Lipinski definition) is 3. The Labute approximate surface area is 86.6 Å². The van der Waals surface area contributed by atoms with Crippen LogP contribution < -0.4 is 0 Å². The van der Waals surface area contributed by atoms with Crippen molar-refractivity contribution in [3.05, 3.63) is 34.0 Å². The number of benzene rings is 1. The van der Waals surface area contributed by atoms with Crippen molar-refractivity contribution in [2.75, 3.05) is 0 Å². The summed E-state index contributed by atoms with van der Waals surface area (Å²) < 4.78 is 13.5. The van der Waals surface area contributed by atoms with E-state index in [4.69, 9.17) is 0 Å². The molecule has 0 aliphatic carbocycles. The van der Waals surface area contributed by atoms with Crippen molar-refractivity contribution >= 4 is 27.3 Å². The van der Waals surface area contributed by atoms with Gasteiger partial charge in [-0.1, -0.05) is 23.5 Å². The predicted octanol–water partition coefficient (Wildman–Crippen LogP) is 3.11. The van der Waals surface area contributed by atoms with E-state index < -0.39 is 0 Å². The summed E-state index contributed by atoms with van der Waals surface area (Å²) in [6.45, 7) is 0. The minimum absolute atomic E-state index is 0.260. The molecule has 0 radical (unpaired) electrons. The van der Waals surface area contributed by atoms with E-state index in [9.17, 15) is 4.39 Å². The van der Waals surface area contributed by atoms with Crippen LogP contribution >= 0.6 is 27.3 Å². The van der Waals surface area contributed by atoms with Crippen LogP contribution in [-0.2, 0) is 0 Å². The number of halogens is 2. The third-order valence-electron chi connectivity index (χ3n) is 1.47. The molecule has 0 unspecified atom stereocenters. The van der Waals surface area contributed by atoms with Gasteiger partial charge >= 0.3 is 0 Å². The highest BCUT2D eigenvalue weighted by molar-refractivity contribution is 9.11. The number of hydrogen-bond donors (Lipinski definition) is 0. The van der Waals surface area contributed by atoms with Gasteiger partial charge in [-0.15, -0.1) is 10.2 Å².